The third-order valence-corrected chi connectivity index (χ3v) is 4.50. The average molecular weight is 336 g/mol. The van der Waals surface area contributed by atoms with Gasteiger partial charge in [0, 0.05) is 6.54 Å². The van der Waals surface area contributed by atoms with Gasteiger partial charge in [-0.3, -0.25) is 9.88 Å². The molecule has 0 spiro atoms. The van der Waals surface area contributed by atoms with E-state index in [0.29, 0.717) is 11.1 Å². The van der Waals surface area contributed by atoms with E-state index in [1.165, 1.54) is 6.20 Å². The van der Waals surface area contributed by atoms with Crippen LogP contribution < -0.4 is 5.32 Å². The topological polar surface area (TPSA) is 67.1 Å². The number of hydrogen-bond donors (Lipinski definition) is 1. The lowest BCUT2D eigenvalue weighted by Crippen LogP contribution is -2.35. The summed E-state index contributed by atoms with van der Waals surface area (Å²) in [6, 6.07) is 0. The fourth-order valence-corrected chi connectivity index (χ4v) is 2.97. The molecule has 1 aliphatic rings. The van der Waals surface area contributed by atoms with Crippen LogP contribution in [0.15, 0.2) is 16.8 Å². The largest absolute Gasteiger partial charge is 0.444 e. The number of rotatable bonds is 5. The van der Waals surface area contributed by atoms with Crippen molar-refractivity contribution in [3.63, 3.8) is 0 Å². The van der Waals surface area contributed by atoms with Gasteiger partial charge in [-0.2, -0.15) is 0 Å². The number of anilines is 1. The van der Waals surface area contributed by atoms with E-state index >= 15 is 0 Å². The van der Waals surface area contributed by atoms with Crippen molar-refractivity contribution in [3.8, 4) is 0 Å². The molecule has 1 aliphatic heterocycles. The van der Waals surface area contributed by atoms with Gasteiger partial charge >= 0.3 is 0 Å². The molecule has 0 atom stereocenters. The maximum absolute atomic E-state index is 5.84. The molecule has 0 saturated carbocycles. The second-order valence-electron chi connectivity index (χ2n) is 6.08. The SMILES string of the molecule is Cc1nc(CN2CCC(CNc3cncc(Cl)n3)CC2)oc1C. The Balaban J connectivity index is 1.43. The van der Waals surface area contributed by atoms with Gasteiger partial charge in [-0.15, -0.1) is 0 Å². The number of hydrogen-bond acceptors (Lipinski definition) is 6. The van der Waals surface area contributed by atoms with Crippen LogP contribution in [0.25, 0.3) is 0 Å². The summed E-state index contributed by atoms with van der Waals surface area (Å²) in [7, 11) is 0. The second kappa shape index (κ2) is 7.27. The number of oxazole rings is 1. The van der Waals surface area contributed by atoms with E-state index < -0.39 is 0 Å². The van der Waals surface area contributed by atoms with Crippen molar-refractivity contribution in [1.29, 1.82) is 0 Å². The van der Waals surface area contributed by atoms with Crippen molar-refractivity contribution in [2.24, 2.45) is 5.92 Å². The van der Waals surface area contributed by atoms with Crippen molar-refractivity contribution >= 4 is 17.4 Å². The second-order valence-corrected chi connectivity index (χ2v) is 6.46. The Labute approximate surface area is 141 Å². The maximum atomic E-state index is 5.84. The molecule has 1 N–H and O–H groups in total. The molecular weight excluding hydrogens is 314 g/mol. The van der Waals surface area contributed by atoms with Crippen LogP contribution in [-0.4, -0.2) is 39.5 Å². The minimum atomic E-state index is 0.418. The number of piperidine rings is 1. The zero-order chi connectivity index (χ0) is 16.2. The Morgan fingerprint density at radius 1 is 1.26 bits per heavy atom. The minimum absolute atomic E-state index is 0.418. The Morgan fingerprint density at radius 3 is 2.70 bits per heavy atom. The van der Waals surface area contributed by atoms with Crippen LogP contribution in [0.3, 0.4) is 0 Å². The lowest BCUT2D eigenvalue weighted by Gasteiger charge is -2.31. The molecule has 124 valence electrons. The molecule has 23 heavy (non-hydrogen) atoms. The fourth-order valence-electron chi connectivity index (χ4n) is 2.82. The molecule has 1 saturated heterocycles. The van der Waals surface area contributed by atoms with Crippen molar-refractivity contribution < 1.29 is 4.42 Å². The Morgan fingerprint density at radius 2 is 2.04 bits per heavy atom. The average Bonchev–Trinajstić information content (AvgIpc) is 2.85. The molecule has 0 aromatic carbocycles. The predicted molar refractivity (Wildman–Crippen MR) is 89.5 cm³/mol. The monoisotopic (exact) mass is 335 g/mol. The van der Waals surface area contributed by atoms with Crippen LogP contribution in [0.5, 0.6) is 0 Å². The molecule has 2 aromatic rings. The minimum Gasteiger partial charge on any atom is -0.444 e. The third-order valence-electron chi connectivity index (χ3n) is 4.32. The van der Waals surface area contributed by atoms with E-state index in [9.17, 15) is 0 Å². The summed E-state index contributed by atoms with van der Waals surface area (Å²) < 4.78 is 5.67. The van der Waals surface area contributed by atoms with Gasteiger partial charge in [0.15, 0.2) is 0 Å². The number of nitrogens with one attached hydrogen (secondary N) is 1. The first-order valence-electron chi connectivity index (χ1n) is 7.97. The summed E-state index contributed by atoms with van der Waals surface area (Å²) in [6.45, 7) is 7.78. The molecule has 0 unspecified atom stereocenters. The standard InChI is InChI=1S/C16H22ClN5O/c1-11-12(2)23-16(20-11)10-22-5-3-13(4-6-22)7-19-15-9-18-8-14(17)21-15/h8-9,13H,3-7,10H2,1-2H3,(H,19,21). The molecular formula is C16H22ClN5O. The summed E-state index contributed by atoms with van der Waals surface area (Å²) in [5.41, 5.74) is 0.988. The van der Waals surface area contributed by atoms with E-state index in [0.717, 1.165) is 62.2 Å². The maximum Gasteiger partial charge on any atom is 0.208 e. The zero-order valence-corrected chi connectivity index (χ0v) is 14.3. The smallest absolute Gasteiger partial charge is 0.208 e. The highest BCUT2D eigenvalue weighted by atomic mass is 35.5. The van der Waals surface area contributed by atoms with Crippen molar-refractivity contribution in [3.05, 3.63) is 34.9 Å². The predicted octanol–water partition coefficient (Wildman–Crippen LogP) is 3.06. The molecule has 3 heterocycles. The highest BCUT2D eigenvalue weighted by molar-refractivity contribution is 6.29. The van der Waals surface area contributed by atoms with E-state index in [1.807, 2.05) is 13.8 Å². The number of aryl methyl sites for hydroxylation is 2. The van der Waals surface area contributed by atoms with Crippen molar-refractivity contribution in [2.75, 3.05) is 25.0 Å². The van der Waals surface area contributed by atoms with Gasteiger partial charge in [0.25, 0.3) is 0 Å². The number of halogens is 1. The number of aromatic nitrogens is 3. The molecule has 0 aliphatic carbocycles. The lowest BCUT2D eigenvalue weighted by atomic mass is 9.97. The van der Waals surface area contributed by atoms with Gasteiger partial charge in [-0.1, -0.05) is 11.6 Å². The highest BCUT2D eigenvalue weighted by Crippen LogP contribution is 2.20. The Bertz CT molecular complexity index is 632. The number of likely N-dealkylation sites (tertiary alicyclic amines) is 1. The van der Waals surface area contributed by atoms with E-state index in [4.69, 9.17) is 16.0 Å². The number of nitrogens with zero attached hydrogens (tertiary/aromatic N) is 4. The Kier molecular flexibility index (Phi) is 5.13. The third kappa shape index (κ3) is 4.42. The van der Waals surface area contributed by atoms with Crippen molar-refractivity contribution in [1.82, 2.24) is 19.9 Å². The molecule has 7 heteroatoms. The van der Waals surface area contributed by atoms with Gasteiger partial charge < -0.3 is 9.73 Å². The first-order chi connectivity index (χ1) is 11.1. The zero-order valence-electron chi connectivity index (χ0n) is 13.5. The van der Waals surface area contributed by atoms with Crippen molar-refractivity contribution in [2.45, 2.75) is 33.2 Å². The van der Waals surface area contributed by atoms with Gasteiger partial charge in [0.05, 0.1) is 24.6 Å². The molecule has 0 radical (unpaired) electrons. The van der Waals surface area contributed by atoms with Crippen LogP contribution in [0.4, 0.5) is 5.82 Å². The van der Waals surface area contributed by atoms with E-state index in [1.54, 1.807) is 6.20 Å². The highest BCUT2D eigenvalue weighted by Gasteiger charge is 2.20. The first-order valence-corrected chi connectivity index (χ1v) is 8.34. The molecule has 2 aromatic heterocycles. The van der Waals surface area contributed by atoms with Gasteiger partial charge in [-0.05, 0) is 45.7 Å². The summed E-state index contributed by atoms with van der Waals surface area (Å²) in [5.74, 6) is 3.12. The lowest BCUT2D eigenvalue weighted by molar-refractivity contribution is 0.167. The van der Waals surface area contributed by atoms with E-state index in [2.05, 4.69) is 25.2 Å². The summed E-state index contributed by atoms with van der Waals surface area (Å²) >= 11 is 5.84. The molecule has 6 nitrogen and oxygen atoms in total. The quantitative estimate of drug-likeness (QED) is 0.905. The van der Waals surface area contributed by atoms with E-state index in [-0.39, 0.29) is 0 Å². The normalized spacial score (nSPS) is 16.7. The van der Waals surface area contributed by atoms with Crippen LogP contribution in [0.2, 0.25) is 5.15 Å². The molecule has 3 rings (SSSR count). The first kappa shape index (κ1) is 16.2. The Hall–Kier alpha value is -1.66. The van der Waals surface area contributed by atoms with Crippen LogP contribution in [0, 0.1) is 19.8 Å². The summed E-state index contributed by atoms with van der Waals surface area (Å²) in [6.07, 6.45) is 5.55. The van der Waals surface area contributed by atoms with Crippen LogP contribution >= 0.6 is 11.6 Å². The van der Waals surface area contributed by atoms with Crippen LogP contribution in [-0.2, 0) is 6.54 Å². The fraction of sp³-hybridized carbons (Fsp3) is 0.562. The molecule has 0 bridgehead atoms. The van der Waals surface area contributed by atoms with Gasteiger partial charge in [-0.25, -0.2) is 9.97 Å². The van der Waals surface area contributed by atoms with Crippen LogP contribution in [0.1, 0.15) is 30.2 Å². The van der Waals surface area contributed by atoms with Gasteiger partial charge in [0.2, 0.25) is 5.89 Å². The molecule has 1 fully saturated rings. The molecule has 0 amide bonds. The summed E-state index contributed by atoms with van der Waals surface area (Å²) in [5, 5.41) is 3.74. The van der Waals surface area contributed by atoms with Gasteiger partial charge in [0.1, 0.15) is 16.7 Å². The summed E-state index contributed by atoms with van der Waals surface area (Å²) in [4.78, 5) is 15.1.